The molecule has 0 heterocycles. The monoisotopic (exact) mass is 224 g/mol. The highest BCUT2D eigenvalue weighted by Crippen LogP contribution is 2.41. The van der Waals surface area contributed by atoms with Gasteiger partial charge in [0.1, 0.15) is 0 Å². The molecule has 0 amide bonds. The molecule has 2 saturated carbocycles. The Morgan fingerprint density at radius 3 is 2.19 bits per heavy atom. The fourth-order valence-corrected chi connectivity index (χ4v) is 3.70. The average Bonchev–Trinajstić information content (AvgIpc) is 2.34. The molecule has 0 aromatic rings. The standard InChI is InChI=1S/C15H28O/c1-13-8-10-15(16-2,11-9-13)12-14-6-4-3-5-7-14/h13-14H,3-12H2,1-2H3. The lowest BCUT2D eigenvalue weighted by Crippen LogP contribution is -2.38. The molecule has 0 radical (unpaired) electrons. The lowest BCUT2D eigenvalue weighted by molar-refractivity contribution is -0.0669. The van der Waals surface area contributed by atoms with Gasteiger partial charge in [0, 0.05) is 7.11 Å². The maximum Gasteiger partial charge on any atom is 0.0681 e. The molecule has 0 N–H and O–H groups in total. The van der Waals surface area contributed by atoms with E-state index in [1.807, 2.05) is 7.11 Å². The van der Waals surface area contributed by atoms with Crippen LogP contribution in [0, 0.1) is 11.8 Å². The molecule has 2 aliphatic rings. The number of rotatable bonds is 3. The van der Waals surface area contributed by atoms with Gasteiger partial charge in [-0.1, -0.05) is 39.0 Å². The lowest BCUT2D eigenvalue weighted by atomic mass is 9.72. The summed E-state index contributed by atoms with van der Waals surface area (Å²) in [6.45, 7) is 2.39. The van der Waals surface area contributed by atoms with Crippen molar-refractivity contribution in [3.63, 3.8) is 0 Å². The minimum atomic E-state index is 0.258. The highest BCUT2D eigenvalue weighted by molar-refractivity contribution is 4.88. The third-order valence-electron chi connectivity index (χ3n) is 5.00. The molecule has 0 unspecified atom stereocenters. The fourth-order valence-electron chi connectivity index (χ4n) is 3.70. The molecule has 0 bridgehead atoms. The van der Waals surface area contributed by atoms with Crippen LogP contribution in [-0.2, 0) is 4.74 Å². The van der Waals surface area contributed by atoms with Gasteiger partial charge >= 0.3 is 0 Å². The molecule has 94 valence electrons. The zero-order valence-corrected chi connectivity index (χ0v) is 11.1. The van der Waals surface area contributed by atoms with Crippen LogP contribution in [0.15, 0.2) is 0 Å². The molecule has 0 spiro atoms. The van der Waals surface area contributed by atoms with Crippen molar-refractivity contribution >= 4 is 0 Å². The predicted molar refractivity (Wildman–Crippen MR) is 68.6 cm³/mol. The van der Waals surface area contributed by atoms with Gasteiger partial charge in [0.15, 0.2) is 0 Å². The van der Waals surface area contributed by atoms with Crippen molar-refractivity contribution in [1.29, 1.82) is 0 Å². The third kappa shape index (κ3) is 3.00. The van der Waals surface area contributed by atoms with Crippen molar-refractivity contribution in [3.8, 4) is 0 Å². The van der Waals surface area contributed by atoms with Crippen molar-refractivity contribution in [2.45, 2.75) is 76.7 Å². The van der Waals surface area contributed by atoms with Crippen LogP contribution in [0.4, 0.5) is 0 Å². The Balaban J connectivity index is 1.88. The van der Waals surface area contributed by atoms with Crippen LogP contribution in [0.5, 0.6) is 0 Å². The molecule has 0 saturated heterocycles. The second-order valence-corrected chi connectivity index (χ2v) is 6.28. The van der Waals surface area contributed by atoms with E-state index < -0.39 is 0 Å². The minimum absolute atomic E-state index is 0.258. The average molecular weight is 224 g/mol. The summed E-state index contributed by atoms with van der Waals surface area (Å²) in [5.74, 6) is 1.89. The molecular weight excluding hydrogens is 196 g/mol. The Bertz CT molecular complexity index is 197. The normalized spacial score (nSPS) is 37.5. The van der Waals surface area contributed by atoms with Crippen molar-refractivity contribution in [3.05, 3.63) is 0 Å². The molecule has 0 aromatic heterocycles. The summed E-state index contributed by atoms with van der Waals surface area (Å²) in [5, 5.41) is 0. The summed E-state index contributed by atoms with van der Waals surface area (Å²) < 4.78 is 5.93. The topological polar surface area (TPSA) is 9.23 Å². The largest absolute Gasteiger partial charge is 0.378 e. The van der Waals surface area contributed by atoms with E-state index in [9.17, 15) is 0 Å². The van der Waals surface area contributed by atoms with E-state index in [1.165, 1.54) is 64.2 Å². The van der Waals surface area contributed by atoms with Crippen LogP contribution in [0.2, 0.25) is 0 Å². The second kappa shape index (κ2) is 5.53. The number of methoxy groups -OCH3 is 1. The van der Waals surface area contributed by atoms with Gasteiger partial charge in [-0.2, -0.15) is 0 Å². The Morgan fingerprint density at radius 2 is 1.62 bits per heavy atom. The molecule has 1 heteroatoms. The Hall–Kier alpha value is -0.0400. The van der Waals surface area contributed by atoms with Crippen molar-refractivity contribution in [2.24, 2.45) is 11.8 Å². The molecule has 0 atom stereocenters. The first-order valence-electron chi connectivity index (χ1n) is 7.29. The van der Waals surface area contributed by atoms with Crippen LogP contribution >= 0.6 is 0 Å². The summed E-state index contributed by atoms with van der Waals surface area (Å²) in [5.41, 5.74) is 0.258. The number of hydrogen-bond donors (Lipinski definition) is 0. The van der Waals surface area contributed by atoms with Gasteiger partial charge in [-0.3, -0.25) is 0 Å². The molecule has 16 heavy (non-hydrogen) atoms. The van der Waals surface area contributed by atoms with E-state index >= 15 is 0 Å². The predicted octanol–water partition coefficient (Wildman–Crippen LogP) is 4.55. The molecule has 2 fully saturated rings. The highest BCUT2D eigenvalue weighted by Gasteiger charge is 2.36. The van der Waals surface area contributed by atoms with Crippen LogP contribution in [0.3, 0.4) is 0 Å². The molecule has 0 aliphatic heterocycles. The molecule has 0 aromatic carbocycles. The van der Waals surface area contributed by atoms with Crippen LogP contribution < -0.4 is 0 Å². The zero-order chi connectivity index (χ0) is 11.4. The van der Waals surface area contributed by atoms with Gasteiger partial charge in [-0.25, -0.2) is 0 Å². The Morgan fingerprint density at radius 1 is 1.00 bits per heavy atom. The first kappa shape index (κ1) is 12.4. The quantitative estimate of drug-likeness (QED) is 0.683. The van der Waals surface area contributed by atoms with E-state index in [2.05, 4.69) is 6.92 Å². The summed E-state index contributed by atoms with van der Waals surface area (Å²) in [7, 11) is 1.94. The van der Waals surface area contributed by atoms with Crippen molar-refractivity contribution in [2.75, 3.05) is 7.11 Å². The van der Waals surface area contributed by atoms with Gasteiger partial charge in [-0.15, -0.1) is 0 Å². The van der Waals surface area contributed by atoms with Gasteiger partial charge < -0.3 is 4.74 Å². The molecular formula is C15H28O. The van der Waals surface area contributed by atoms with Gasteiger partial charge in [0.05, 0.1) is 5.60 Å². The smallest absolute Gasteiger partial charge is 0.0681 e. The van der Waals surface area contributed by atoms with Gasteiger partial charge in [0.25, 0.3) is 0 Å². The number of ether oxygens (including phenoxy) is 1. The summed E-state index contributed by atoms with van der Waals surface area (Å²) >= 11 is 0. The van der Waals surface area contributed by atoms with E-state index in [0.29, 0.717) is 0 Å². The second-order valence-electron chi connectivity index (χ2n) is 6.28. The summed E-state index contributed by atoms with van der Waals surface area (Å²) in [4.78, 5) is 0. The van der Waals surface area contributed by atoms with Crippen LogP contribution in [0.25, 0.3) is 0 Å². The third-order valence-corrected chi connectivity index (χ3v) is 5.00. The molecule has 1 nitrogen and oxygen atoms in total. The van der Waals surface area contributed by atoms with Crippen molar-refractivity contribution < 1.29 is 4.74 Å². The molecule has 2 aliphatic carbocycles. The lowest BCUT2D eigenvalue weighted by Gasteiger charge is -2.41. The fraction of sp³-hybridized carbons (Fsp3) is 1.00. The van der Waals surface area contributed by atoms with E-state index in [4.69, 9.17) is 4.74 Å². The zero-order valence-electron chi connectivity index (χ0n) is 11.1. The van der Waals surface area contributed by atoms with Crippen molar-refractivity contribution in [1.82, 2.24) is 0 Å². The minimum Gasteiger partial charge on any atom is -0.378 e. The van der Waals surface area contributed by atoms with Crippen LogP contribution in [-0.4, -0.2) is 12.7 Å². The molecule has 2 rings (SSSR count). The highest BCUT2D eigenvalue weighted by atomic mass is 16.5. The summed E-state index contributed by atoms with van der Waals surface area (Å²) in [6, 6.07) is 0. The number of hydrogen-bond acceptors (Lipinski definition) is 1. The first-order chi connectivity index (χ1) is 7.74. The van der Waals surface area contributed by atoms with Gasteiger partial charge in [-0.05, 0) is 43.9 Å². The Labute approximate surface area is 101 Å². The maximum atomic E-state index is 5.93. The Kier molecular flexibility index (Phi) is 4.29. The van der Waals surface area contributed by atoms with Crippen LogP contribution in [0.1, 0.15) is 71.1 Å². The van der Waals surface area contributed by atoms with Gasteiger partial charge in [0.2, 0.25) is 0 Å². The maximum absolute atomic E-state index is 5.93. The SMILES string of the molecule is COC1(CC2CCCCC2)CCC(C)CC1. The van der Waals surface area contributed by atoms with E-state index in [0.717, 1.165) is 11.8 Å². The first-order valence-corrected chi connectivity index (χ1v) is 7.29. The van der Waals surface area contributed by atoms with E-state index in [1.54, 1.807) is 0 Å². The van der Waals surface area contributed by atoms with E-state index in [-0.39, 0.29) is 5.60 Å². The summed E-state index contributed by atoms with van der Waals surface area (Å²) in [6.07, 6.45) is 14.0.